The first-order valence-corrected chi connectivity index (χ1v) is 9.66. The molecule has 0 spiro atoms. The number of ether oxygens (including phenoxy) is 1. The van der Waals surface area contributed by atoms with Crippen LogP contribution in [-0.4, -0.2) is 37.5 Å². The molecular formula is C22H25N3O4. The fourth-order valence-electron chi connectivity index (χ4n) is 3.13. The summed E-state index contributed by atoms with van der Waals surface area (Å²) in [7, 11) is 0. The summed E-state index contributed by atoms with van der Waals surface area (Å²) in [6, 6.07) is 14.3. The van der Waals surface area contributed by atoms with E-state index in [2.05, 4.69) is 15.5 Å². The Kier molecular flexibility index (Phi) is 6.84. The third-order valence-electron chi connectivity index (χ3n) is 4.69. The maximum Gasteiger partial charge on any atom is 0.338 e. The lowest BCUT2D eigenvalue weighted by Gasteiger charge is -2.17. The topological polar surface area (TPSA) is 87.7 Å². The van der Waals surface area contributed by atoms with Gasteiger partial charge in [0, 0.05) is 37.9 Å². The number of hydrogen-bond donors (Lipinski definition) is 2. The summed E-state index contributed by atoms with van der Waals surface area (Å²) < 4.78 is 5.08. The highest BCUT2D eigenvalue weighted by Crippen LogP contribution is 2.22. The molecule has 152 valence electrons. The monoisotopic (exact) mass is 395 g/mol. The largest absolute Gasteiger partial charge is 0.452 e. The summed E-state index contributed by atoms with van der Waals surface area (Å²) in [6.45, 7) is 3.61. The number of amides is 2. The molecule has 1 heterocycles. The van der Waals surface area contributed by atoms with Crippen molar-refractivity contribution in [1.29, 1.82) is 0 Å². The Balaban J connectivity index is 1.44. The Morgan fingerprint density at radius 3 is 2.24 bits per heavy atom. The van der Waals surface area contributed by atoms with E-state index in [0.29, 0.717) is 17.8 Å². The zero-order valence-electron chi connectivity index (χ0n) is 16.4. The number of esters is 1. The molecule has 0 radical (unpaired) electrons. The molecule has 2 aromatic rings. The molecule has 0 aromatic heterocycles. The van der Waals surface area contributed by atoms with Crippen LogP contribution in [0.2, 0.25) is 0 Å². The van der Waals surface area contributed by atoms with Gasteiger partial charge in [-0.1, -0.05) is 12.1 Å². The second-order valence-corrected chi connectivity index (χ2v) is 6.97. The second kappa shape index (κ2) is 9.73. The Morgan fingerprint density at radius 2 is 1.62 bits per heavy atom. The molecule has 7 nitrogen and oxygen atoms in total. The van der Waals surface area contributed by atoms with E-state index < -0.39 is 11.9 Å². The van der Waals surface area contributed by atoms with E-state index in [1.165, 1.54) is 19.8 Å². The summed E-state index contributed by atoms with van der Waals surface area (Å²) in [4.78, 5) is 37.4. The molecule has 2 aromatic carbocycles. The average molecular weight is 395 g/mol. The van der Waals surface area contributed by atoms with Crippen LogP contribution in [0.3, 0.4) is 0 Å². The number of carbonyl (C=O) groups is 3. The minimum atomic E-state index is -0.574. The number of nitrogens with zero attached hydrogens (tertiary/aromatic N) is 1. The Morgan fingerprint density at radius 1 is 0.966 bits per heavy atom. The van der Waals surface area contributed by atoms with Crippen LogP contribution in [-0.2, 0) is 20.9 Å². The first-order chi connectivity index (χ1) is 14.0. The summed E-state index contributed by atoms with van der Waals surface area (Å²) in [5, 5.41) is 5.41. The van der Waals surface area contributed by atoms with E-state index in [-0.39, 0.29) is 12.5 Å². The Labute approximate surface area is 170 Å². The summed E-state index contributed by atoms with van der Waals surface area (Å²) in [5.41, 5.74) is 3.02. The van der Waals surface area contributed by atoms with Crippen LogP contribution >= 0.6 is 0 Å². The SMILES string of the molecule is CC(=O)NCc1ccc(C(=O)OCC(=O)Nc2ccc(N3CCCC3)cc2)cc1. The number of nitrogens with one attached hydrogen (secondary N) is 2. The summed E-state index contributed by atoms with van der Waals surface area (Å²) in [6.07, 6.45) is 2.42. The maximum atomic E-state index is 12.1. The van der Waals surface area contributed by atoms with Gasteiger partial charge >= 0.3 is 5.97 Å². The van der Waals surface area contributed by atoms with Gasteiger partial charge in [-0.3, -0.25) is 9.59 Å². The third kappa shape index (κ3) is 6.07. The molecule has 7 heteroatoms. The average Bonchev–Trinajstić information content (AvgIpc) is 3.26. The van der Waals surface area contributed by atoms with Crippen LogP contribution in [0.4, 0.5) is 11.4 Å². The molecule has 2 amide bonds. The predicted molar refractivity (Wildman–Crippen MR) is 111 cm³/mol. The quantitative estimate of drug-likeness (QED) is 0.704. The molecule has 1 saturated heterocycles. The normalized spacial score (nSPS) is 13.1. The standard InChI is InChI=1S/C22H25N3O4/c1-16(26)23-14-17-4-6-18(7-5-17)22(28)29-15-21(27)24-19-8-10-20(11-9-19)25-12-2-3-13-25/h4-11H,2-3,12-15H2,1H3,(H,23,26)(H,24,27). The van der Waals surface area contributed by atoms with Gasteiger partial charge in [0.1, 0.15) is 0 Å². The molecule has 0 atom stereocenters. The van der Waals surface area contributed by atoms with Crippen LogP contribution in [0.1, 0.15) is 35.7 Å². The lowest BCUT2D eigenvalue weighted by molar-refractivity contribution is -0.119. The Bertz CT molecular complexity index is 857. The van der Waals surface area contributed by atoms with Crippen molar-refractivity contribution in [3.63, 3.8) is 0 Å². The van der Waals surface area contributed by atoms with Gasteiger partial charge in [0.15, 0.2) is 6.61 Å². The number of carbonyl (C=O) groups excluding carboxylic acids is 3. The van der Waals surface area contributed by atoms with Crippen molar-refractivity contribution in [3.8, 4) is 0 Å². The minimum absolute atomic E-state index is 0.120. The molecule has 1 aliphatic heterocycles. The van der Waals surface area contributed by atoms with Crippen molar-refractivity contribution in [2.45, 2.75) is 26.3 Å². The van der Waals surface area contributed by atoms with Crippen LogP contribution in [0.25, 0.3) is 0 Å². The number of benzene rings is 2. The zero-order chi connectivity index (χ0) is 20.6. The highest BCUT2D eigenvalue weighted by atomic mass is 16.5. The van der Waals surface area contributed by atoms with Gasteiger partial charge in [-0.05, 0) is 54.8 Å². The van der Waals surface area contributed by atoms with Gasteiger partial charge in [0.05, 0.1) is 5.56 Å². The fourth-order valence-corrected chi connectivity index (χ4v) is 3.13. The molecule has 1 aliphatic rings. The summed E-state index contributed by atoms with van der Waals surface area (Å²) >= 11 is 0. The van der Waals surface area contributed by atoms with E-state index in [4.69, 9.17) is 4.74 Å². The molecule has 0 unspecified atom stereocenters. The highest BCUT2D eigenvalue weighted by molar-refractivity contribution is 5.95. The predicted octanol–water partition coefficient (Wildman–Crippen LogP) is 2.72. The van der Waals surface area contributed by atoms with Gasteiger partial charge in [-0.2, -0.15) is 0 Å². The molecule has 1 fully saturated rings. The lowest BCUT2D eigenvalue weighted by Crippen LogP contribution is -2.21. The van der Waals surface area contributed by atoms with Gasteiger partial charge in [-0.25, -0.2) is 4.79 Å². The first kappa shape index (κ1) is 20.4. The van der Waals surface area contributed by atoms with E-state index in [1.807, 2.05) is 24.3 Å². The number of anilines is 2. The second-order valence-electron chi connectivity index (χ2n) is 6.97. The molecule has 0 bridgehead atoms. The highest BCUT2D eigenvalue weighted by Gasteiger charge is 2.13. The zero-order valence-corrected chi connectivity index (χ0v) is 16.4. The van der Waals surface area contributed by atoms with Crippen LogP contribution in [0.5, 0.6) is 0 Å². The van der Waals surface area contributed by atoms with Crippen molar-refractivity contribution in [3.05, 3.63) is 59.7 Å². The van der Waals surface area contributed by atoms with Crippen LogP contribution < -0.4 is 15.5 Å². The van der Waals surface area contributed by atoms with Crippen molar-refractivity contribution in [2.24, 2.45) is 0 Å². The number of hydrogen-bond acceptors (Lipinski definition) is 5. The minimum Gasteiger partial charge on any atom is -0.452 e. The van der Waals surface area contributed by atoms with E-state index in [0.717, 1.165) is 24.3 Å². The molecule has 0 aliphatic carbocycles. The molecule has 29 heavy (non-hydrogen) atoms. The van der Waals surface area contributed by atoms with Gasteiger partial charge in [0.2, 0.25) is 5.91 Å². The Hall–Kier alpha value is -3.35. The first-order valence-electron chi connectivity index (χ1n) is 9.66. The van der Waals surface area contributed by atoms with E-state index >= 15 is 0 Å². The lowest BCUT2D eigenvalue weighted by atomic mass is 10.1. The molecular weight excluding hydrogens is 370 g/mol. The van der Waals surface area contributed by atoms with Crippen LogP contribution in [0.15, 0.2) is 48.5 Å². The molecule has 0 saturated carbocycles. The number of rotatable bonds is 7. The van der Waals surface area contributed by atoms with Crippen molar-refractivity contribution in [2.75, 3.05) is 29.9 Å². The smallest absolute Gasteiger partial charge is 0.338 e. The molecule has 2 N–H and O–H groups in total. The van der Waals surface area contributed by atoms with E-state index in [9.17, 15) is 14.4 Å². The van der Waals surface area contributed by atoms with E-state index in [1.54, 1.807) is 24.3 Å². The maximum absolute atomic E-state index is 12.1. The van der Waals surface area contributed by atoms with Crippen molar-refractivity contribution >= 4 is 29.2 Å². The van der Waals surface area contributed by atoms with Gasteiger partial charge < -0.3 is 20.3 Å². The van der Waals surface area contributed by atoms with Crippen molar-refractivity contribution in [1.82, 2.24) is 5.32 Å². The summed E-state index contributed by atoms with van der Waals surface area (Å²) in [5.74, 6) is -1.09. The van der Waals surface area contributed by atoms with Gasteiger partial charge in [0.25, 0.3) is 5.91 Å². The molecule has 3 rings (SSSR count). The van der Waals surface area contributed by atoms with Crippen LogP contribution in [0, 0.1) is 0 Å². The third-order valence-corrected chi connectivity index (χ3v) is 4.69. The van der Waals surface area contributed by atoms with Crippen molar-refractivity contribution < 1.29 is 19.1 Å². The fraction of sp³-hybridized carbons (Fsp3) is 0.318. The van der Waals surface area contributed by atoms with Gasteiger partial charge in [-0.15, -0.1) is 0 Å².